The second-order valence-corrected chi connectivity index (χ2v) is 7.81. The first-order valence-electron chi connectivity index (χ1n) is 9.91. The van der Waals surface area contributed by atoms with Gasteiger partial charge < -0.3 is 15.2 Å². The van der Waals surface area contributed by atoms with E-state index < -0.39 is 5.92 Å². The van der Waals surface area contributed by atoms with Gasteiger partial charge in [-0.1, -0.05) is 50.2 Å². The molecule has 0 spiro atoms. The van der Waals surface area contributed by atoms with E-state index in [0.29, 0.717) is 23.1 Å². The number of ether oxygens (including phenoxy) is 2. The predicted molar refractivity (Wildman–Crippen MR) is 115 cm³/mol. The average Bonchev–Trinajstić information content (AvgIpc) is 3.16. The molecular formula is C24H24N4O2. The molecule has 152 valence electrons. The van der Waals surface area contributed by atoms with Gasteiger partial charge in [-0.15, -0.1) is 5.10 Å². The maximum Gasteiger partial charge on any atom is 0.244 e. The third-order valence-corrected chi connectivity index (χ3v) is 5.25. The van der Waals surface area contributed by atoms with Crippen LogP contribution in [0.25, 0.3) is 11.3 Å². The normalized spacial score (nSPS) is 15.5. The van der Waals surface area contributed by atoms with Crippen molar-refractivity contribution in [1.82, 2.24) is 10.2 Å². The fraction of sp³-hybridized carbons (Fsp3) is 0.250. The number of H-pyrrole nitrogens is 1. The van der Waals surface area contributed by atoms with E-state index in [1.165, 1.54) is 5.56 Å². The Morgan fingerprint density at radius 1 is 1.23 bits per heavy atom. The van der Waals surface area contributed by atoms with Crippen LogP contribution in [0.3, 0.4) is 0 Å². The van der Waals surface area contributed by atoms with Crippen molar-refractivity contribution < 1.29 is 9.47 Å². The summed E-state index contributed by atoms with van der Waals surface area (Å²) in [5.74, 6) is 1.36. The quantitative estimate of drug-likeness (QED) is 0.657. The molecule has 30 heavy (non-hydrogen) atoms. The number of fused-ring (bicyclic) bond motifs is 1. The van der Waals surface area contributed by atoms with Crippen LogP contribution in [0.2, 0.25) is 0 Å². The molecule has 0 unspecified atom stereocenters. The van der Waals surface area contributed by atoms with E-state index in [0.717, 1.165) is 28.8 Å². The zero-order valence-electron chi connectivity index (χ0n) is 17.3. The van der Waals surface area contributed by atoms with Crippen LogP contribution in [-0.2, 0) is 6.42 Å². The number of nitrogens with one attached hydrogen (secondary N) is 1. The lowest BCUT2D eigenvalue weighted by Gasteiger charge is -2.24. The highest BCUT2D eigenvalue weighted by Gasteiger charge is 2.35. The van der Waals surface area contributed by atoms with E-state index in [4.69, 9.17) is 15.2 Å². The molecule has 0 saturated heterocycles. The van der Waals surface area contributed by atoms with Gasteiger partial charge in [-0.3, -0.25) is 5.10 Å². The maximum absolute atomic E-state index is 9.83. The van der Waals surface area contributed by atoms with Crippen LogP contribution in [0, 0.1) is 17.2 Å². The molecular weight excluding hydrogens is 376 g/mol. The number of aromatic nitrogens is 2. The second kappa shape index (κ2) is 7.96. The number of nitrogens with zero attached hydrogens (tertiary/aromatic N) is 2. The van der Waals surface area contributed by atoms with Crippen LogP contribution >= 0.6 is 0 Å². The highest BCUT2D eigenvalue weighted by molar-refractivity contribution is 5.71. The summed E-state index contributed by atoms with van der Waals surface area (Å²) >= 11 is 0. The van der Waals surface area contributed by atoms with E-state index in [9.17, 15) is 5.26 Å². The third kappa shape index (κ3) is 3.50. The van der Waals surface area contributed by atoms with Crippen molar-refractivity contribution in [3.63, 3.8) is 0 Å². The van der Waals surface area contributed by atoms with Gasteiger partial charge >= 0.3 is 0 Å². The number of hydrogen-bond donors (Lipinski definition) is 2. The van der Waals surface area contributed by atoms with Gasteiger partial charge in [-0.05, 0) is 35.6 Å². The Balaban J connectivity index is 1.84. The van der Waals surface area contributed by atoms with Crippen LogP contribution < -0.4 is 15.2 Å². The van der Waals surface area contributed by atoms with Gasteiger partial charge in [0.2, 0.25) is 11.8 Å². The fourth-order valence-corrected chi connectivity index (χ4v) is 3.90. The van der Waals surface area contributed by atoms with E-state index in [1.54, 1.807) is 7.11 Å². The maximum atomic E-state index is 9.83. The van der Waals surface area contributed by atoms with Gasteiger partial charge in [-0.2, -0.15) is 5.26 Å². The van der Waals surface area contributed by atoms with Crippen molar-refractivity contribution in [3.05, 3.63) is 76.7 Å². The summed E-state index contributed by atoms with van der Waals surface area (Å²) in [7, 11) is 1.62. The largest absolute Gasteiger partial charge is 0.497 e. The Kier molecular flexibility index (Phi) is 5.20. The summed E-state index contributed by atoms with van der Waals surface area (Å²) in [6.07, 6.45) is 1.02. The summed E-state index contributed by atoms with van der Waals surface area (Å²) in [4.78, 5) is 0. The van der Waals surface area contributed by atoms with Gasteiger partial charge in [0.15, 0.2) is 0 Å². The molecule has 6 heteroatoms. The molecule has 1 aliphatic rings. The van der Waals surface area contributed by atoms with Crippen LogP contribution in [0.5, 0.6) is 11.6 Å². The van der Waals surface area contributed by atoms with Gasteiger partial charge in [0, 0.05) is 5.56 Å². The van der Waals surface area contributed by atoms with E-state index in [-0.39, 0.29) is 5.88 Å². The van der Waals surface area contributed by atoms with Crippen molar-refractivity contribution in [2.45, 2.75) is 26.2 Å². The molecule has 1 aromatic heterocycles. The molecule has 1 aliphatic heterocycles. The first-order chi connectivity index (χ1) is 14.5. The van der Waals surface area contributed by atoms with Crippen LogP contribution in [0.15, 0.2) is 60.0 Å². The Morgan fingerprint density at radius 3 is 2.67 bits per heavy atom. The lowest BCUT2D eigenvalue weighted by atomic mass is 9.83. The Labute approximate surface area is 175 Å². The predicted octanol–water partition coefficient (Wildman–Crippen LogP) is 4.50. The number of hydrogen-bond acceptors (Lipinski definition) is 5. The average molecular weight is 400 g/mol. The second-order valence-electron chi connectivity index (χ2n) is 7.81. The van der Waals surface area contributed by atoms with Crippen molar-refractivity contribution in [1.29, 1.82) is 5.26 Å². The lowest BCUT2D eigenvalue weighted by molar-refractivity contribution is 0.378. The van der Waals surface area contributed by atoms with E-state index >= 15 is 0 Å². The molecule has 0 aliphatic carbocycles. The van der Waals surface area contributed by atoms with E-state index in [1.807, 2.05) is 24.3 Å². The minimum atomic E-state index is -0.405. The fourth-order valence-electron chi connectivity index (χ4n) is 3.90. The number of nitriles is 1. The number of rotatable bonds is 5. The monoisotopic (exact) mass is 400 g/mol. The van der Waals surface area contributed by atoms with Gasteiger partial charge in [-0.25, -0.2) is 0 Å². The Bertz CT molecular complexity index is 1140. The van der Waals surface area contributed by atoms with Gasteiger partial charge in [0.05, 0.1) is 24.3 Å². The Hall–Kier alpha value is -3.72. The Morgan fingerprint density at radius 2 is 2.00 bits per heavy atom. The summed E-state index contributed by atoms with van der Waals surface area (Å²) < 4.78 is 11.1. The number of benzene rings is 2. The molecule has 2 aromatic carbocycles. The first kappa shape index (κ1) is 19.6. The first-order valence-corrected chi connectivity index (χ1v) is 9.91. The number of allylic oxidation sites excluding steroid dienone is 1. The zero-order chi connectivity index (χ0) is 21.3. The van der Waals surface area contributed by atoms with E-state index in [2.05, 4.69) is 54.4 Å². The molecule has 2 heterocycles. The summed E-state index contributed by atoms with van der Waals surface area (Å²) in [5, 5.41) is 17.3. The number of aromatic amines is 1. The van der Waals surface area contributed by atoms with Crippen molar-refractivity contribution in [2.75, 3.05) is 7.11 Å². The summed E-state index contributed by atoms with van der Waals surface area (Å²) in [6.45, 7) is 4.41. The molecule has 3 N–H and O–H groups in total. The molecule has 0 fully saturated rings. The minimum Gasteiger partial charge on any atom is -0.497 e. The number of nitrogens with two attached hydrogens (primary N) is 1. The highest BCUT2D eigenvalue weighted by atomic mass is 16.5. The molecule has 0 radical (unpaired) electrons. The van der Waals surface area contributed by atoms with Gasteiger partial charge in [0.25, 0.3) is 0 Å². The molecule has 6 nitrogen and oxygen atoms in total. The van der Waals surface area contributed by atoms with Crippen molar-refractivity contribution in [2.24, 2.45) is 11.7 Å². The zero-order valence-corrected chi connectivity index (χ0v) is 17.3. The SMILES string of the molecule is COc1cccc([C@@H]2C(C#N)=C(N)Oc3n[nH]c(-c4ccc(CC(C)C)cc4)c32)c1. The molecule has 0 amide bonds. The smallest absolute Gasteiger partial charge is 0.244 e. The topological polar surface area (TPSA) is 96.9 Å². The van der Waals surface area contributed by atoms with Crippen LogP contribution in [-0.4, -0.2) is 17.3 Å². The summed E-state index contributed by atoms with van der Waals surface area (Å²) in [5.41, 5.74) is 11.2. The minimum absolute atomic E-state index is 0.0724. The molecule has 0 saturated carbocycles. The van der Waals surface area contributed by atoms with Gasteiger partial charge in [0.1, 0.15) is 17.4 Å². The molecule has 0 bridgehead atoms. The molecule has 3 aromatic rings. The summed E-state index contributed by atoms with van der Waals surface area (Å²) in [6, 6.07) is 18.3. The molecule has 4 rings (SSSR count). The number of methoxy groups -OCH3 is 1. The van der Waals surface area contributed by atoms with Crippen LogP contribution in [0.4, 0.5) is 0 Å². The van der Waals surface area contributed by atoms with Crippen molar-refractivity contribution >= 4 is 0 Å². The standard InChI is InChI=1S/C24H24N4O2/c1-14(2)11-15-7-9-16(10-8-15)22-21-20(17-5-4-6-18(12-17)29-3)19(13-25)23(26)30-24(21)28-27-22/h4-10,12,14,20H,11,26H2,1-3H3,(H,27,28)/t20-/m1/s1. The molecule has 1 atom stereocenters. The lowest BCUT2D eigenvalue weighted by Crippen LogP contribution is -2.21. The van der Waals surface area contributed by atoms with Crippen LogP contribution in [0.1, 0.15) is 36.5 Å². The third-order valence-electron chi connectivity index (χ3n) is 5.25. The van der Waals surface area contributed by atoms with Crippen molar-refractivity contribution in [3.8, 4) is 29.0 Å². The highest BCUT2D eigenvalue weighted by Crippen LogP contribution is 2.46.